The van der Waals surface area contributed by atoms with Gasteiger partial charge in [-0.05, 0) is 49.1 Å². The molecule has 4 aromatic rings. The van der Waals surface area contributed by atoms with Gasteiger partial charge in [0.25, 0.3) is 10.0 Å². The first-order chi connectivity index (χ1) is 17.3. The highest BCUT2D eigenvalue weighted by molar-refractivity contribution is 7.91. The number of rotatable bonds is 6. The largest absolute Gasteiger partial charge is 0.282 e. The number of fused-ring (bicyclic) bond motifs is 1. The van der Waals surface area contributed by atoms with Crippen molar-refractivity contribution in [1.82, 2.24) is 9.29 Å². The summed E-state index contributed by atoms with van der Waals surface area (Å²) in [5, 5.41) is 1.07. The minimum absolute atomic E-state index is 0.143. The predicted molar refractivity (Wildman–Crippen MR) is 148 cm³/mol. The van der Waals surface area contributed by atoms with Gasteiger partial charge in [0.1, 0.15) is 10.3 Å². The molecular weight excluding hydrogens is 557 g/mol. The molecule has 0 N–H and O–H groups in total. The smallest absolute Gasteiger partial charge is 0.253 e. The fourth-order valence-electron chi connectivity index (χ4n) is 4.38. The van der Waals surface area contributed by atoms with Gasteiger partial charge in [-0.2, -0.15) is 4.31 Å². The number of anilines is 1. The Morgan fingerprint density at radius 3 is 2.56 bits per heavy atom. The van der Waals surface area contributed by atoms with E-state index in [2.05, 4.69) is 0 Å². The number of hydrogen-bond acceptors (Lipinski definition) is 6. The molecular formula is C25H23Cl2N3O3S3. The standard InChI is InChI=1S/C25H23Cl2N3O3S3/c1-16-10-11-18(26)23-22(16)28-25(35-23)29(15-17-7-3-2-4-8-17)24(31)19-9-5-6-14-30(19)36(32,33)21-13-12-20(27)34-21/h2-4,7-8,10-13,19H,5-6,9,14-15H2,1H3. The van der Waals surface area contributed by atoms with Crippen LogP contribution < -0.4 is 4.90 Å². The van der Waals surface area contributed by atoms with Gasteiger partial charge in [-0.15, -0.1) is 11.3 Å². The summed E-state index contributed by atoms with van der Waals surface area (Å²) < 4.78 is 29.8. The lowest BCUT2D eigenvalue weighted by molar-refractivity contribution is -0.123. The van der Waals surface area contributed by atoms with E-state index in [-0.39, 0.29) is 23.2 Å². The van der Waals surface area contributed by atoms with Crippen LogP contribution in [0, 0.1) is 6.92 Å². The zero-order chi connectivity index (χ0) is 25.4. The lowest BCUT2D eigenvalue weighted by Gasteiger charge is -2.35. The normalized spacial score (nSPS) is 16.9. The maximum Gasteiger partial charge on any atom is 0.253 e. The van der Waals surface area contributed by atoms with Crippen LogP contribution in [0.2, 0.25) is 9.36 Å². The van der Waals surface area contributed by atoms with E-state index in [9.17, 15) is 13.2 Å². The Morgan fingerprint density at radius 1 is 1.08 bits per heavy atom. The van der Waals surface area contributed by atoms with Gasteiger partial charge in [0.05, 0.1) is 26.1 Å². The summed E-state index contributed by atoms with van der Waals surface area (Å²) in [5.74, 6) is -0.294. The summed E-state index contributed by atoms with van der Waals surface area (Å²) in [6.45, 7) is 2.50. The molecule has 5 rings (SSSR count). The molecule has 1 aliphatic rings. The average Bonchev–Trinajstić information content (AvgIpc) is 3.53. The number of carbonyl (C=O) groups is 1. The number of thiazole rings is 1. The third-order valence-corrected chi connectivity index (χ3v) is 11.4. The molecule has 1 saturated heterocycles. The topological polar surface area (TPSA) is 70.6 Å². The van der Waals surface area contributed by atoms with Crippen molar-refractivity contribution in [2.24, 2.45) is 0 Å². The molecule has 1 fully saturated rings. The lowest BCUT2D eigenvalue weighted by Crippen LogP contribution is -2.52. The Balaban J connectivity index is 1.57. The summed E-state index contributed by atoms with van der Waals surface area (Å²) in [6, 6.07) is 15.6. The fraction of sp³-hybridized carbons (Fsp3) is 0.280. The number of benzene rings is 2. The van der Waals surface area contributed by atoms with Gasteiger partial charge in [0.2, 0.25) is 5.91 Å². The van der Waals surface area contributed by atoms with Gasteiger partial charge in [0.15, 0.2) is 5.13 Å². The van der Waals surface area contributed by atoms with Crippen LogP contribution in [0.15, 0.2) is 58.8 Å². The van der Waals surface area contributed by atoms with Gasteiger partial charge >= 0.3 is 0 Å². The number of aromatic nitrogens is 1. The number of thiophene rings is 1. The first kappa shape index (κ1) is 25.6. The van der Waals surface area contributed by atoms with E-state index in [1.165, 1.54) is 21.7 Å². The minimum Gasteiger partial charge on any atom is -0.282 e. The van der Waals surface area contributed by atoms with Gasteiger partial charge in [-0.1, -0.05) is 77.4 Å². The molecule has 0 radical (unpaired) electrons. The molecule has 1 amide bonds. The molecule has 6 nitrogen and oxygen atoms in total. The summed E-state index contributed by atoms with van der Waals surface area (Å²) in [4.78, 5) is 20.6. The van der Waals surface area contributed by atoms with E-state index < -0.39 is 16.1 Å². The fourth-order valence-corrected chi connectivity index (χ4v) is 8.97. The minimum atomic E-state index is -3.88. The van der Waals surface area contributed by atoms with Crippen molar-refractivity contribution in [1.29, 1.82) is 0 Å². The van der Waals surface area contributed by atoms with Gasteiger partial charge < -0.3 is 0 Å². The predicted octanol–water partition coefficient (Wildman–Crippen LogP) is 6.75. The van der Waals surface area contributed by atoms with Crippen LogP contribution in [0.3, 0.4) is 0 Å². The molecule has 1 unspecified atom stereocenters. The Labute approximate surface area is 228 Å². The Bertz CT molecular complexity index is 1480. The highest BCUT2D eigenvalue weighted by Gasteiger charge is 2.41. The molecule has 0 spiro atoms. The summed E-state index contributed by atoms with van der Waals surface area (Å²) in [5.41, 5.74) is 2.62. The van der Waals surface area contributed by atoms with Crippen LogP contribution in [0.5, 0.6) is 0 Å². The highest BCUT2D eigenvalue weighted by atomic mass is 35.5. The first-order valence-corrected chi connectivity index (χ1v) is 15.3. The van der Waals surface area contributed by atoms with Crippen LogP contribution in [0.25, 0.3) is 10.2 Å². The molecule has 3 heterocycles. The molecule has 1 aliphatic heterocycles. The SMILES string of the molecule is Cc1ccc(Cl)c2sc(N(Cc3ccccc3)C(=O)C3CCCCN3S(=O)(=O)c3ccc(Cl)s3)nc12. The zero-order valence-corrected chi connectivity index (χ0v) is 23.3. The van der Waals surface area contributed by atoms with Crippen molar-refractivity contribution < 1.29 is 13.2 Å². The second-order valence-corrected chi connectivity index (χ2v) is 13.9. The molecule has 0 bridgehead atoms. The molecule has 188 valence electrons. The van der Waals surface area contributed by atoms with Crippen molar-refractivity contribution in [2.75, 3.05) is 11.4 Å². The quantitative estimate of drug-likeness (QED) is 0.253. The van der Waals surface area contributed by atoms with E-state index in [0.717, 1.165) is 39.1 Å². The monoisotopic (exact) mass is 579 g/mol. The van der Waals surface area contributed by atoms with Crippen molar-refractivity contribution in [3.63, 3.8) is 0 Å². The van der Waals surface area contributed by atoms with Gasteiger partial charge in [-0.3, -0.25) is 9.69 Å². The van der Waals surface area contributed by atoms with E-state index in [1.807, 2.05) is 49.4 Å². The summed E-state index contributed by atoms with van der Waals surface area (Å²) >= 11 is 14.8. The zero-order valence-electron chi connectivity index (χ0n) is 19.4. The molecule has 2 aromatic heterocycles. The number of piperidine rings is 1. The maximum atomic E-state index is 14.2. The number of hydrogen-bond donors (Lipinski definition) is 0. The van der Waals surface area contributed by atoms with Gasteiger partial charge in [0, 0.05) is 6.54 Å². The Morgan fingerprint density at radius 2 is 1.86 bits per heavy atom. The Hall–Kier alpha value is -2.01. The maximum absolute atomic E-state index is 14.2. The summed E-state index contributed by atoms with van der Waals surface area (Å²) in [7, 11) is -3.88. The summed E-state index contributed by atoms with van der Waals surface area (Å²) in [6.07, 6.45) is 1.89. The van der Waals surface area contributed by atoms with Crippen LogP contribution >= 0.6 is 45.9 Å². The van der Waals surface area contributed by atoms with E-state index in [4.69, 9.17) is 28.2 Å². The second-order valence-electron chi connectivity index (χ2n) is 8.63. The Kier molecular flexibility index (Phi) is 7.40. The van der Waals surface area contributed by atoms with Crippen LogP contribution in [-0.4, -0.2) is 36.2 Å². The number of sulfonamides is 1. The van der Waals surface area contributed by atoms with Gasteiger partial charge in [-0.25, -0.2) is 13.4 Å². The van der Waals surface area contributed by atoms with E-state index in [1.54, 1.807) is 11.0 Å². The van der Waals surface area contributed by atoms with Crippen molar-refractivity contribution in [3.05, 3.63) is 75.1 Å². The molecule has 2 aromatic carbocycles. The van der Waals surface area contributed by atoms with E-state index >= 15 is 0 Å². The highest BCUT2D eigenvalue weighted by Crippen LogP contribution is 2.38. The van der Waals surface area contributed by atoms with Crippen molar-refractivity contribution >= 4 is 77.2 Å². The van der Waals surface area contributed by atoms with Crippen molar-refractivity contribution in [2.45, 2.75) is 43.0 Å². The lowest BCUT2D eigenvalue weighted by atomic mass is 10.0. The van der Waals surface area contributed by atoms with Crippen LogP contribution in [0.4, 0.5) is 5.13 Å². The van der Waals surface area contributed by atoms with E-state index in [0.29, 0.717) is 27.3 Å². The molecule has 0 aliphatic carbocycles. The molecule has 11 heteroatoms. The molecule has 36 heavy (non-hydrogen) atoms. The van der Waals surface area contributed by atoms with Crippen LogP contribution in [0.1, 0.15) is 30.4 Å². The van der Waals surface area contributed by atoms with Crippen LogP contribution in [-0.2, 0) is 21.4 Å². The van der Waals surface area contributed by atoms with Crippen molar-refractivity contribution in [3.8, 4) is 0 Å². The first-order valence-electron chi connectivity index (χ1n) is 11.4. The number of nitrogens with zero attached hydrogens (tertiary/aromatic N) is 3. The number of amides is 1. The molecule has 0 saturated carbocycles. The third kappa shape index (κ3) is 4.92. The third-order valence-electron chi connectivity index (χ3n) is 6.22. The molecule has 1 atom stereocenters. The number of carbonyl (C=O) groups excluding carboxylic acids is 1. The number of aryl methyl sites for hydroxylation is 1. The second kappa shape index (κ2) is 10.4. The average molecular weight is 581 g/mol. The number of halogens is 2.